The molecule has 0 aromatic heterocycles. The van der Waals surface area contributed by atoms with Crippen molar-refractivity contribution in [2.45, 2.75) is 51.4 Å². The van der Waals surface area contributed by atoms with E-state index in [4.69, 9.17) is 15.0 Å². The maximum absolute atomic E-state index is 12.8. The molecule has 0 radical (unpaired) electrons. The van der Waals surface area contributed by atoms with Gasteiger partial charge in [0.05, 0.1) is 11.2 Å². The summed E-state index contributed by atoms with van der Waals surface area (Å²) in [6.45, 7) is 8.04. The van der Waals surface area contributed by atoms with Crippen molar-refractivity contribution in [3.05, 3.63) is 90.0 Å². The van der Waals surface area contributed by atoms with Crippen LogP contribution in [0.4, 0.5) is 0 Å². The first-order valence-electron chi connectivity index (χ1n) is 11.8. The van der Waals surface area contributed by atoms with Crippen molar-refractivity contribution < 1.29 is 18.9 Å². The molecule has 3 N–H and O–H groups in total. The zero-order valence-electron chi connectivity index (χ0n) is 20.6. The van der Waals surface area contributed by atoms with Crippen LogP contribution in [0.2, 0.25) is 0 Å². The van der Waals surface area contributed by atoms with Crippen LogP contribution < -0.4 is 16.5 Å². The molecule has 1 aliphatic rings. The van der Waals surface area contributed by atoms with Gasteiger partial charge in [-0.15, -0.1) is 0 Å². The maximum Gasteiger partial charge on any atom is 0.494 e. The number of rotatable bonds is 7. The number of hydrogen-bond acceptors (Lipinski definition) is 4. The summed E-state index contributed by atoms with van der Waals surface area (Å²) in [5, 5.41) is 2.77. The van der Waals surface area contributed by atoms with Crippen molar-refractivity contribution >= 4 is 24.4 Å². The molecular formula is C28H31BN2O4. The number of benzene rings is 3. The summed E-state index contributed by atoms with van der Waals surface area (Å²) >= 11 is 0. The quantitative estimate of drug-likeness (QED) is 0.518. The molecule has 7 heteroatoms. The fraction of sp³-hybridized carbons (Fsp3) is 0.286. The first-order chi connectivity index (χ1) is 16.6. The number of nitrogens with one attached hydrogen (secondary N) is 1. The molecule has 6 nitrogen and oxygen atoms in total. The van der Waals surface area contributed by atoms with Crippen LogP contribution in [-0.4, -0.2) is 36.2 Å². The molecule has 1 saturated heterocycles. The molecule has 0 spiro atoms. The molecule has 1 atom stereocenters. The highest BCUT2D eigenvalue weighted by atomic mass is 16.7. The molecule has 0 bridgehead atoms. The van der Waals surface area contributed by atoms with Gasteiger partial charge in [0.1, 0.15) is 6.04 Å². The number of carbonyl (C=O) groups is 2. The van der Waals surface area contributed by atoms with Gasteiger partial charge in [0.25, 0.3) is 5.91 Å². The molecule has 3 aromatic rings. The third-order valence-corrected chi connectivity index (χ3v) is 6.85. The highest BCUT2D eigenvalue weighted by Gasteiger charge is 2.51. The maximum atomic E-state index is 12.8. The number of hydrogen-bond donors (Lipinski definition) is 2. The Morgan fingerprint density at radius 2 is 1.37 bits per heavy atom. The van der Waals surface area contributed by atoms with Gasteiger partial charge in [0, 0.05) is 12.0 Å². The minimum absolute atomic E-state index is 0.285. The Labute approximate surface area is 207 Å². The SMILES string of the molecule is CC1(C)OB(c2ccc(C[C@H](NC(=O)c3ccc(-c4ccccc4)cc3)C(N)=O)cc2)OC1(C)C. The highest BCUT2D eigenvalue weighted by molar-refractivity contribution is 6.62. The summed E-state index contributed by atoms with van der Waals surface area (Å²) in [7, 11) is -0.459. The lowest BCUT2D eigenvalue weighted by atomic mass is 9.78. The number of nitrogens with two attached hydrogens (primary N) is 1. The van der Waals surface area contributed by atoms with Gasteiger partial charge in [-0.2, -0.15) is 0 Å². The zero-order chi connectivity index (χ0) is 25.2. The molecule has 3 aromatic carbocycles. The first kappa shape index (κ1) is 24.7. The van der Waals surface area contributed by atoms with Gasteiger partial charge >= 0.3 is 7.12 Å². The summed E-state index contributed by atoms with van der Waals surface area (Å²) in [4.78, 5) is 24.9. The molecule has 0 aliphatic carbocycles. The van der Waals surface area contributed by atoms with Crippen LogP contribution in [-0.2, 0) is 20.5 Å². The summed E-state index contributed by atoms with van der Waals surface area (Å²) < 4.78 is 12.2. The van der Waals surface area contributed by atoms with Crippen LogP contribution >= 0.6 is 0 Å². The minimum atomic E-state index is -0.834. The molecule has 35 heavy (non-hydrogen) atoms. The average molecular weight is 470 g/mol. The minimum Gasteiger partial charge on any atom is -0.399 e. The van der Waals surface area contributed by atoms with Gasteiger partial charge in [-0.05, 0) is 62.0 Å². The highest BCUT2D eigenvalue weighted by Crippen LogP contribution is 2.36. The van der Waals surface area contributed by atoms with E-state index >= 15 is 0 Å². The zero-order valence-corrected chi connectivity index (χ0v) is 20.6. The second-order valence-corrected chi connectivity index (χ2v) is 9.91. The molecule has 2 amide bonds. The normalized spacial score (nSPS) is 17.1. The van der Waals surface area contributed by atoms with Gasteiger partial charge in [0.2, 0.25) is 5.91 Å². The summed E-state index contributed by atoms with van der Waals surface area (Å²) in [5.41, 5.74) is 9.07. The van der Waals surface area contributed by atoms with Crippen LogP contribution in [0.15, 0.2) is 78.9 Å². The Morgan fingerprint density at radius 3 is 1.91 bits per heavy atom. The van der Waals surface area contributed by atoms with Crippen LogP contribution in [0, 0.1) is 0 Å². The molecule has 0 saturated carbocycles. The van der Waals surface area contributed by atoms with E-state index in [-0.39, 0.29) is 12.3 Å². The Morgan fingerprint density at radius 1 is 0.829 bits per heavy atom. The molecule has 0 unspecified atom stereocenters. The van der Waals surface area contributed by atoms with Gasteiger partial charge in [-0.3, -0.25) is 9.59 Å². The second-order valence-electron chi connectivity index (χ2n) is 9.91. The summed E-state index contributed by atoms with van der Waals surface area (Å²) in [6.07, 6.45) is 0.285. The lowest BCUT2D eigenvalue weighted by Gasteiger charge is -2.32. The molecule has 1 fully saturated rings. The van der Waals surface area contributed by atoms with Crippen molar-refractivity contribution in [1.82, 2.24) is 5.32 Å². The van der Waals surface area contributed by atoms with E-state index in [0.717, 1.165) is 22.2 Å². The number of primary amides is 1. The van der Waals surface area contributed by atoms with E-state index in [0.29, 0.717) is 5.56 Å². The number of carbonyl (C=O) groups excluding carboxylic acids is 2. The molecule has 1 aliphatic heterocycles. The lowest BCUT2D eigenvalue weighted by molar-refractivity contribution is -0.119. The lowest BCUT2D eigenvalue weighted by Crippen LogP contribution is -2.45. The van der Waals surface area contributed by atoms with Crippen molar-refractivity contribution in [3.63, 3.8) is 0 Å². The predicted molar refractivity (Wildman–Crippen MR) is 138 cm³/mol. The molecular weight excluding hydrogens is 439 g/mol. The van der Waals surface area contributed by atoms with Crippen LogP contribution in [0.25, 0.3) is 11.1 Å². The van der Waals surface area contributed by atoms with Crippen molar-refractivity contribution in [2.24, 2.45) is 5.73 Å². The van der Waals surface area contributed by atoms with E-state index in [1.54, 1.807) is 12.1 Å². The molecule has 180 valence electrons. The Hall–Kier alpha value is -3.42. The summed E-state index contributed by atoms with van der Waals surface area (Å²) in [5.74, 6) is -0.934. The monoisotopic (exact) mass is 470 g/mol. The topological polar surface area (TPSA) is 90.6 Å². The second kappa shape index (κ2) is 9.68. The molecule has 4 rings (SSSR count). The van der Waals surface area contributed by atoms with Crippen molar-refractivity contribution in [1.29, 1.82) is 0 Å². The van der Waals surface area contributed by atoms with Gasteiger partial charge in [-0.25, -0.2) is 0 Å². The van der Waals surface area contributed by atoms with Gasteiger partial charge < -0.3 is 20.4 Å². The number of amides is 2. The van der Waals surface area contributed by atoms with E-state index in [2.05, 4.69) is 5.32 Å². The first-order valence-corrected chi connectivity index (χ1v) is 11.8. The third-order valence-electron chi connectivity index (χ3n) is 6.85. The van der Waals surface area contributed by atoms with Crippen molar-refractivity contribution in [2.75, 3.05) is 0 Å². The standard InChI is InChI=1S/C28H31BN2O4/c1-27(2)28(3,4)35-29(34-27)23-16-10-19(11-17-23)18-24(25(30)32)31-26(33)22-14-12-21(13-15-22)20-8-6-5-7-9-20/h5-17,24H,18H2,1-4H3,(H2,30,32)(H,31,33)/t24-/m0/s1. The average Bonchev–Trinajstić information content (AvgIpc) is 3.06. The predicted octanol–water partition coefficient (Wildman–Crippen LogP) is 3.48. The van der Waals surface area contributed by atoms with Crippen molar-refractivity contribution in [3.8, 4) is 11.1 Å². The van der Waals surface area contributed by atoms with Gasteiger partial charge in [0.15, 0.2) is 0 Å². The Bertz CT molecular complexity index is 1180. The summed E-state index contributed by atoms with van der Waals surface area (Å²) in [6, 6.07) is 24.0. The van der Waals surface area contributed by atoms with Crippen LogP contribution in [0.5, 0.6) is 0 Å². The van der Waals surface area contributed by atoms with Crippen LogP contribution in [0.3, 0.4) is 0 Å². The van der Waals surface area contributed by atoms with E-state index in [1.807, 2.05) is 94.4 Å². The fourth-order valence-electron chi connectivity index (χ4n) is 3.93. The molecule has 1 heterocycles. The Kier molecular flexibility index (Phi) is 6.83. The third kappa shape index (κ3) is 5.47. The van der Waals surface area contributed by atoms with Gasteiger partial charge in [-0.1, -0.05) is 66.7 Å². The largest absolute Gasteiger partial charge is 0.494 e. The smallest absolute Gasteiger partial charge is 0.399 e. The van der Waals surface area contributed by atoms with Crippen LogP contribution in [0.1, 0.15) is 43.6 Å². The van der Waals surface area contributed by atoms with E-state index < -0.39 is 30.3 Å². The van der Waals surface area contributed by atoms with E-state index in [1.165, 1.54) is 0 Å². The Balaban J connectivity index is 1.40. The fourth-order valence-corrected chi connectivity index (χ4v) is 3.93. The van der Waals surface area contributed by atoms with E-state index in [9.17, 15) is 9.59 Å².